The largest absolute Gasteiger partial charge is 0.467 e. The summed E-state index contributed by atoms with van der Waals surface area (Å²) in [7, 11) is 0. The van der Waals surface area contributed by atoms with E-state index in [9.17, 15) is 9.90 Å². The molecule has 0 aliphatic rings. The fourth-order valence-corrected chi connectivity index (χ4v) is 2.10. The standard InChI is InChI=1S/C13H11Cl2NO3/c14-8-3-4-9(10(15)6-8)13(18)16-11(7-17)12-2-1-5-19-12/h1-6,11,17H,7H2,(H,16,18). The van der Waals surface area contributed by atoms with E-state index in [-0.39, 0.29) is 17.2 Å². The van der Waals surface area contributed by atoms with E-state index in [4.69, 9.17) is 27.6 Å². The number of rotatable bonds is 4. The van der Waals surface area contributed by atoms with E-state index in [1.807, 2.05) is 0 Å². The summed E-state index contributed by atoms with van der Waals surface area (Å²) in [5, 5.41) is 12.6. The number of furan rings is 1. The Morgan fingerprint density at radius 1 is 1.37 bits per heavy atom. The van der Waals surface area contributed by atoms with Crippen LogP contribution in [0.25, 0.3) is 0 Å². The Morgan fingerprint density at radius 3 is 2.74 bits per heavy atom. The molecule has 19 heavy (non-hydrogen) atoms. The predicted molar refractivity (Wildman–Crippen MR) is 72.5 cm³/mol. The van der Waals surface area contributed by atoms with Gasteiger partial charge >= 0.3 is 0 Å². The summed E-state index contributed by atoms with van der Waals surface area (Å²) in [6.45, 7) is -0.273. The minimum atomic E-state index is -0.616. The molecule has 2 rings (SSSR count). The van der Waals surface area contributed by atoms with E-state index in [1.165, 1.54) is 18.4 Å². The number of carbonyl (C=O) groups excluding carboxylic acids is 1. The van der Waals surface area contributed by atoms with Gasteiger partial charge in [-0.05, 0) is 30.3 Å². The summed E-state index contributed by atoms with van der Waals surface area (Å²) >= 11 is 11.7. The Bertz CT molecular complexity index is 569. The quantitative estimate of drug-likeness (QED) is 0.912. The molecular weight excluding hydrogens is 289 g/mol. The van der Waals surface area contributed by atoms with Crippen LogP contribution in [-0.2, 0) is 0 Å². The number of aliphatic hydroxyl groups excluding tert-OH is 1. The number of aliphatic hydroxyl groups is 1. The van der Waals surface area contributed by atoms with Crippen LogP contribution in [0.3, 0.4) is 0 Å². The molecule has 1 atom stereocenters. The van der Waals surface area contributed by atoms with Crippen LogP contribution >= 0.6 is 23.2 Å². The van der Waals surface area contributed by atoms with Crippen LogP contribution in [0.15, 0.2) is 41.0 Å². The fraction of sp³-hybridized carbons (Fsp3) is 0.154. The van der Waals surface area contributed by atoms with Crippen molar-refractivity contribution >= 4 is 29.1 Å². The highest BCUT2D eigenvalue weighted by atomic mass is 35.5. The van der Waals surface area contributed by atoms with Crippen molar-refractivity contribution in [2.45, 2.75) is 6.04 Å². The average molecular weight is 300 g/mol. The lowest BCUT2D eigenvalue weighted by Gasteiger charge is -2.14. The van der Waals surface area contributed by atoms with E-state index in [0.717, 1.165) is 0 Å². The molecule has 0 saturated heterocycles. The van der Waals surface area contributed by atoms with Crippen LogP contribution < -0.4 is 5.32 Å². The normalized spacial score (nSPS) is 12.2. The molecule has 0 fully saturated rings. The first-order valence-electron chi connectivity index (χ1n) is 5.52. The lowest BCUT2D eigenvalue weighted by Crippen LogP contribution is -2.30. The second kappa shape index (κ2) is 6.10. The van der Waals surface area contributed by atoms with Gasteiger partial charge in [0.15, 0.2) is 0 Å². The lowest BCUT2D eigenvalue weighted by molar-refractivity contribution is 0.0907. The third kappa shape index (κ3) is 3.29. The van der Waals surface area contributed by atoms with Gasteiger partial charge in [-0.25, -0.2) is 0 Å². The highest BCUT2D eigenvalue weighted by molar-refractivity contribution is 6.36. The molecule has 1 aromatic heterocycles. The SMILES string of the molecule is O=C(NC(CO)c1ccco1)c1ccc(Cl)cc1Cl. The van der Waals surface area contributed by atoms with Crippen molar-refractivity contribution in [1.82, 2.24) is 5.32 Å². The topological polar surface area (TPSA) is 62.5 Å². The highest BCUT2D eigenvalue weighted by Crippen LogP contribution is 2.22. The van der Waals surface area contributed by atoms with Gasteiger partial charge in [0, 0.05) is 5.02 Å². The summed E-state index contributed by atoms with van der Waals surface area (Å²) in [5.74, 6) is 0.0676. The van der Waals surface area contributed by atoms with Gasteiger partial charge in [-0.1, -0.05) is 23.2 Å². The van der Waals surface area contributed by atoms with E-state index >= 15 is 0 Å². The Kier molecular flexibility index (Phi) is 4.47. The Morgan fingerprint density at radius 2 is 2.16 bits per heavy atom. The molecule has 1 unspecified atom stereocenters. The van der Waals surface area contributed by atoms with Crippen molar-refractivity contribution in [2.24, 2.45) is 0 Å². The first kappa shape index (κ1) is 13.9. The molecule has 100 valence electrons. The van der Waals surface area contributed by atoms with Gasteiger partial charge in [0.2, 0.25) is 0 Å². The highest BCUT2D eigenvalue weighted by Gasteiger charge is 2.18. The molecule has 0 aliphatic heterocycles. The van der Waals surface area contributed by atoms with Crippen LogP contribution in [0, 0.1) is 0 Å². The molecule has 0 spiro atoms. The molecule has 0 saturated carbocycles. The summed E-state index contributed by atoms with van der Waals surface area (Å²) < 4.78 is 5.14. The van der Waals surface area contributed by atoms with Crippen molar-refractivity contribution in [3.8, 4) is 0 Å². The third-order valence-corrected chi connectivity index (χ3v) is 3.10. The summed E-state index contributed by atoms with van der Waals surface area (Å²) in [5.41, 5.74) is 0.288. The Hall–Kier alpha value is -1.49. The molecular formula is C13H11Cl2NO3. The Balaban J connectivity index is 2.16. The number of nitrogens with one attached hydrogen (secondary N) is 1. The molecule has 0 bridgehead atoms. The molecule has 0 radical (unpaired) electrons. The number of carbonyl (C=O) groups is 1. The van der Waals surface area contributed by atoms with Gasteiger partial charge < -0.3 is 14.8 Å². The van der Waals surface area contributed by atoms with Crippen molar-refractivity contribution in [2.75, 3.05) is 6.61 Å². The third-order valence-electron chi connectivity index (χ3n) is 2.55. The van der Waals surface area contributed by atoms with Gasteiger partial charge in [0.05, 0.1) is 23.5 Å². The second-order valence-electron chi connectivity index (χ2n) is 3.85. The van der Waals surface area contributed by atoms with Crippen LogP contribution in [0.4, 0.5) is 0 Å². The molecule has 4 nitrogen and oxygen atoms in total. The van der Waals surface area contributed by atoms with Crippen LogP contribution in [0.5, 0.6) is 0 Å². The molecule has 1 heterocycles. The van der Waals surface area contributed by atoms with E-state index in [0.29, 0.717) is 10.8 Å². The van der Waals surface area contributed by atoms with Gasteiger partial charge in [0.1, 0.15) is 11.8 Å². The monoisotopic (exact) mass is 299 g/mol. The van der Waals surface area contributed by atoms with Gasteiger partial charge in [-0.3, -0.25) is 4.79 Å². The van der Waals surface area contributed by atoms with Gasteiger partial charge in [-0.15, -0.1) is 0 Å². The fourth-order valence-electron chi connectivity index (χ4n) is 1.61. The molecule has 1 aromatic carbocycles. The maximum Gasteiger partial charge on any atom is 0.253 e. The van der Waals surface area contributed by atoms with E-state index in [1.54, 1.807) is 18.2 Å². The summed E-state index contributed by atoms with van der Waals surface area (Å²) in [6, 6.07) is 7.32. The zero-order valence-electron chi connectivity index (χ0n) is 9.77. The number of hydrogen-bond acceptors (Lipinski definition) is 3. The molecule has 6 heteroatoms. The summed E-state index contributed by atoms with van der Waals surface area (Å²) in [6.07, 6.45) is 1.47. The predicted octanol–water partition coefficient (Wildman–Crippen LogP) is 3.05. The Labute approximate surface area is 119 Å². The van der Waals surface area contributed by atoms with E-state index in [2.05, 4.69) is 5.32 Å². The van der Waals surface area contributed by atoms with Gasteiger partial charge in [0.25, 0.3) is 5.91 Å². The smallest absolute Gasteiger partial charge is 0.253 e. The molecule has 2 aromatic rings. The van der Waals surface area contributed by atoms with Crippen LogP contribution in [0.2, 0.25) is 10.0 Å². The summed E-state index contributed by atoms with van der Waals surface area (Å²) in [4.78, 5) is 12.0. The lowest BCUT2D eigenvalue weighted by atomic mass is 10.1. The van der Waals surface area contributed by atoms with Crippen molar-refractivity contribution in [3.05, 3.63) is 58.0 Å². The first-order valence-corrected chi connectivity index (χ1v) is 6.27. The van der Waals surface area contributed by atoms with E-state index < -0.39 is 11.9 Å². The van der Waals surface area contributed by atoms with Gasteiger partial charge in [-0.2, -0.15) is 0 Å². The zero-order valence-corrected chi connectivity index (χ0v) is 11.3. The average Bonchev–Trinajstić information content (AvgIpc) is 2.89. The second-order valence-corrected chi connectivity index (χ2v) is 4.69. The first-order chi connectivity index (χ1) is 9.11. The number of hydrogen-bond donors (Lipinski definition) is 2. The zero-order chi connectivity index (χ0) is 13.8. The minimum absolute atomic E-state index is 0.251. The minimum Gasteiger partial charge on any atom is -0.467 e. The van der Waals surface area contributed by atoms with Crippen molar-refractivity contribution < 1.29 is 14.3 Å². The maximum absolute atomic E-state index is 12.0. The molecule has 1 amide bonds. The number of amides is 1. The number of halogens is 2. The maximum atomic E-state index is 12.0. The van der Waals surface area contributed by atoms with Crippen molar-refractivity contribution in [1.29, 1.82) is 0 Å². The molecule has 2 N–H and O–H groups in total. The molecule has 0 aliphatic carbocycles. The number of benzene rings is 1. The van der Waals surface area contributed by atoms with Crippen molar-refractivity contribution in [3.63, 3.8) is 0 Å². The van der Waals surface area contributed by atoms with Crippen LogP contribution in [0.1, 0.15) is 22.2 Å². The van der Waals surface area contributed by atoms with Crippen LogP contribution in [-0.4, -0.2) is 17.6 Å².